The highest BCUT2D eigenvalue weighted by Gasteiger charge is 2.08. The number of thiazole rings is 1. The minimum Gasteiger partial charge on any atom is -0.357 e. The molecule has 0 aliphatic carbocycles. The second kappa shape index (κ2) is 10.6. The van der Waals surface area contributed by atoms with Gasteiger partial charge in [0.2, 0.25) is 0 Å². The number of hydrogen-bond acceptors (Lipinski definition) is 4. The van der Waals surface area contributed by atoms with Crippen LogP contribution in [0.2, 0.25) is 0 Å². The number of hydrogen-bond donors (Lipinski definition) is 2. The normalized spacial score (nSPS) is 11.3. The van der Waals surface area contributed by atoms with Crippen molar-refractivity contribution in [2.24, 2.45) is 4.99 Å². The Bertz CT molecular complexity index is 714. The largest absolute Gasteiger partial charge is 0.357 e. The van der Waals surface area contributed by atoms with Crippen molar-refractivity contribution in [3.8, 4) is 0 Å². The third-order valence-electron chi connectivity index (χ3n) is 3.68. The van der Waals surface area contributed by atoms with Gasteiger partial charge in [-0.2, -0.15) is 0 Å². The van der Waals surface area contributed by atoms with E-state index in [1.54, 1.807) is 11.3 Å². The van der Waals surface area contributed by atoms with Gasteiger partial charge in [-0.15, -0.1) is 11.3 Å². The Morgan fingerprint density at radius 2 is 2.04 bits per heavy atom. The zero-order valence-electron chi connectivity index (χ0n) is 15.7. The Morgan fingerprint density at radius 1 is 1.27 bits per heavy atom. The molecule has 0 aliphatic rings. The van der Waals surface area contributed by atoms with Gasteiger partial charge in [0.15, 0.2) is 5.96 Å². The predicted molar refractivity (Wildman–Crippen MR) is 108 cm³/mol. The van der Waals surface area contributed by atoms with Gasteiger partial charge in [0.1, 0.15) is 0 Å². The lowest BCUT2D eigenvalue weighted by Crippen LogP contribution is -2.38. The first-order valence-corrected chi connectivity index (χ1v) is 9.71. The van der Waals surface area contributed by atoms with E-state index >= 15 is 0 Å². The van der Waals surface area contributed by atoms with Crippen LogP contribution in [-0.4, -0.2) is 48.4 Å². The van der Waals surface area contributed by atoms with Gasteiger partial charge in [-0.25, -0.2) is 4.98 Å². The molecule has 1 amide bonds. The molecule has 0 fully saturated rings. The molecular weight excluding hydrogens is 346 g/mol. The molecule has 0 bridgehead atoms. The van der Waals surface area contributed by atoms with E-state index in [9.17, 15) is 4.79 Å². The van der Waals surface area contributed by atoms with Crippen LogP contribution in [0.3, 0.4) is 0 Å². The van der Waals surface area contributed by atoms with Crippen molar-refractivity contribution in [1.29, 1.82) is 0 Å². The molecule has 6 nitrogen and oxygen atoms in total. The first kappa shape index (κ1) is 19.9. The molecule has 1 aromatic carbocycles. The number of aliphatic imine (C=N–C) groups is 1. The SMILES string of the molecule is CCNC(=NCCCNC(=O)c1ccccc1)N(C)Cc1csc(C)n1. The summed E-state index contributed by atoms with van der Waals surface area (Å²) in [5, 5.41) is 9.38. The van der Waals surface area contributed by atoms with Crippen LogP contribution in [0.15, 0.2) is 40.7 Å². The van der Waals surface area contributed by atoms with E-state index in [4.69, 9.17) is 0 Å². The molecule has 1 aromatic heterocycles. The summed E-state index contributed by atoms with van der Waals surface area (Å²) in [6.45, 7) is 6.85. The Labute approximate surface area is 159 Å². The molecule has 140 valence electrons. The molecule has 0 aliphatic heterocycles. The first-order valence-electron chi connectivity index (χ1n) is 8.84. The van der Waals surface area contributed by atoms with Crippen molar-refractivity contribution in [2.45, 2.75) is 26.8 Å². The van der Waals surface area contributed by atoms with Crippen molar-refractivity contribution >= 4 is 23.2 Å². The van der Waals surface area contributed by atoms with Crippen molar-refractivity contribution in [2.75, 3.05) is 26.7 Å². The van der Waals surface area contributed by atoms with Crippen molar-refractivity contribution in [3.63, 3.8) is 0 Å². The number of aromatic nitrogens is 1. The second-order valence-corrected chi connectivity index (χ2v) is 6.99. The van der Waals surface area contributed by atoms with Crippen molar-refractivity contribution in [3.05, 3.63) is 52.0 Å². The minimum absolute atomic E-state index is 0.0440. The number of carbonyl (C=O) groups is 1. The highest BCUT2D eigenvalue weighted by Crippen LogP contribution is 2.09. The summed E-state index contributed by atoms with van der Waals surface area (Å²) >= 11 is 1.66. The average Bonchev–Trinajstić information content (AvgIpc) is 3.05. The molecule has 2 N–H and O–H groups in total. The zero-order valence-corrected chi connectivity index (χ0v) is 16.5. The predicted octanol–water partition coefficient (Wildman–Crippen LogP) is 2.67. The lowest BCUT2D eigenvalue weighted by molar-refractivity contribution is 0.0953. The van der Waals surface area contributed by atoms with Gasteiger partial charge in [0, 0.05) is 37.6 Å². The second-order valence-electron chi connectivity index (χ2n) is 5.93. The van der Waals surface area contributed by atoms with Crippen LogP contribution < -0.4 is 10.6 Å². The number of nitrogens with zero attached hydrogens (tertiary/aromatic N) is 3. The number of guanidine groups is 1. The van der Waals surface area contributed by atoms with Crippen LogP contribution in [0.1, 0.15) is 34.4 Å². The third kappa shape index (κ3) is 6.48. The fraction of sp³-hybridized carbons (Fsp3) is 0.421. The highest BCUT2D eigenvalue weighted by atomic mass is 32.1. The summed E-state index contributed by atoms with van der Waals surface area (Å²) in [4.78, 5) is 23.2. The lowest BCUT2D eigenvalue weighted by Gasteiger charge is -2.21. The Balaban J connectivity index is 1.78. The fourth-order valence-electron chi connectivity index (χ4n) is 2.43. The molecule has 0 unspecified atom stereocenters. The molecule has 2 aromatic rings. The van der Waals surface area contributed by atoms with E-state index in [2.05, 4.69) is 37.8 Å². The Morgan fingerprint density at radius 3 is 2.69 bits per heavy atom. The van der Waals surface area contributed by atoms with Crippen molar-refractivity contribution in [1.82, 2.24) is 20.5 Å². The van der Waals surface area contributed by atoms with Crippen LogP contribution in [0.25, 0.3) is 0 Å². The average molecular weight is 374 g/mol. The van der Waals surface area contributed by atoms with Gasteiger partial charge in [0.25, 0.3) is 5.91 Å². The molecular formula is C19H27N5OS. The number of rotatable bonds is 8. The van der Waals surface area contributed by atoms with E-state index in [1.165, 1.54) is 0 Å². The fourth-order valence-corrected chi connectivity index (χ4v) is 3.03. The van der Waals surface area contributed by atoms with Crippen molar-refractivity contribution < 1.29 is 4.79 Å². The summed E-state index contributed by atoms with van der Waals surface area (Å²) in [5.74, 6) is 0.810. The molecule has 0 saturated carbocycles. The molecule has 26 heavy (non-hydrogen) atoms. The molecule has 2 rings (SSSR count). The monoisotopic (exact) mass is 373 g/mol. The maximum absolute atomic E-state index is 12.0. The summed E-state index contributed by atoms with van der Waals surface area (Å²) in [6.07, 6.45) is 0.789. The van der Waals surface area contributed by atoms with Gasteiger partial charge in [-0.3, -0.25) is 9.79 Å². The standard InChI is InChI=1S/C19H27N5OS/c1-4-20-19(24(3)13-17-14-26-15(2)23-17)22-12-8-11-21-18(25)16-9-6-5-7-10-16/h5-7,9-10,14H,4,8,11-13H2,1-3H3,(H,20,22)(H,21,25). The topological polar surface area (TPSA) is 69.6 Å². The molecule has 0 spiro atoms. The van der Waals surface area contributed by atoms with Crippen LogP contribution in [0, 0.1) is 6.92 Å². The van der Waals surface area contributed by atoms with Crippen LogP contribution >= 0.6 is 11.3 Å². The summed E-state index contributed by atoms with van der Waals surface area (Å²) in [7, 11) is 2.01. The van der Waals surface area contributed by atoms with Gasteiger partial charge in [0.05, 0.1) is 17.2 Å². The number of amides is 1. The van der Waals surface area contributed by atoms with Gasteiger partial charge in [-0.1, -0.05) is 18.2 Å². The molecule has 7 heteroatoms. The van der Waals surface area contributed by atoms with Gasteiger partial charge in [-0.05, 0) is 32.4 Å². The van der Waals surface area contributed by atoms with E-state index in [0.717, 1.165) is 36.2 Å². The minimum atomic E-state index is -0.0440. The lowest BCUT2D eigenvalue weighted by atomic mass is 10.2. The number of aryl methyl sites for hydroxylation is 1. The summed E-state index contributed by atoms with van der Waals surface area (Å²) in [6, 6.07) is 9.25. The highest BCUT2D eigenvalue weighted by molar-refractivity contribution is 7.09. The van der Waals surface area contributed by atoms with Crippen LogP contribution in [0.5, 0.6) is 0 Å². The number of nitrogens with one attached hydrogen (secondary N) is 2. The number of benzene rings is 1. The van der Waals surface area contributed by atoms with E-state index < -0.39 is 0 Å². The zero-order chi connectivity index (χ0) is 18.8. The third-order valence-corrected chi connectivity index (χ3v) is 4.50. The maximum atomic E-state index is 12.0. The molecule has 0 saturated heterocycles. The van der Waals surface area contributed by atoms with E-state index in [0.29, 0.717) is 18.7 Å². The maximum Gasteiger partial charge on any atom is 0.251 e. The quantitative estimate of drug-likeness (QED) is 0.424. The van der Waals surface area contributed by atoms with Gasteiger partial charge < -0.3 is 15.5 Å². The Hall–Kier alpha value is -2.41. The van der Waals surface area contributed by atoms with Crippen LogP contribution in [0.4, 0.5) is 0 Å². The summed E-state index contributed by atoms with van der Waals surface area (Å²) in [5.41, 5.74) is 1.73. The first-order chi connectivity index (χ1) is 12.6. The molecule has 0 atom stereocenters. The van der Waals surface area contributed by atoms with Crippen LogP contribution in [-0.2, 0) is 6.54 Å². The smallest absolute Gasteiger partial charge is 0.251 e. The molecule has 0 radical (unpaired) electrons. The number of carbonyl (C=O) groups excluding carboxylic acids is 1. The van der Waals surface area contributed by atoms with Gasteiger partial charge >= 0.3 is 0 Å². The van der Waals surface area contributed by atoms with E-state index in [1.807, 2.05) is 44.3 Å². The van der Waals surface area contributed by atoms with E-state index in [-0.39, 0.29) is 5.91 Å². The molecule has 1 heterocycles. The summed E-state index contributed by atoms with van der Waals surface area (Å²) < 4.78 is 0. The Kier molecular flexibility index (Phi) is 8.08.